The number of aryl methyl sites for hydroxylation is 1. The Balaban J connectivity index is 1.45. The van der Waals surface area contributed by atoms with E-state index in [0.717, 1.165) is 53.2 Å². The molecule has 55 heavy (non-hydrogen) atoms. The molecule has 2 heterocycles. The minimum Gasteiger partial charge on any atom is -0.490 e. The van der Waals surface area contributed by atoms with Gasteiger partial charge in [-0.1, -0.05) is 68.8 Å². The van der Waals surface area contributed by atoms with E-state index < -0.39 is 33.5 Å². The van der Waals surface area contributed by atoms with Crippen LogP contribution in [0.5, 0.6) is 5.75 Å². The number of primary amides is 1. The Hall–Kier alpha value is -3.52. The lowest BCUT2D eigenvalue weighted by atomic mass is 9.76. The third-order valence-electron chi connectivity index (χ3n) is 10.6. The van der Waals surface area contributed by atoms with E-state index in [1.165, 1.54) is 0 Å². The number of amides is 1. The molecule has 3 aromatic carbocycles. The van der Waals surface area contributed by atoms with Gasteiger partial charge in [0.25, 0.3) is 0 Å². The predicted molar refractivity (Wildman–Crippen MR) is 215 cm³/mol. The Bertz CT molecular complexity index is 1780. The molecular formula is C43H61N3O8S. The number of rotatable bonds is 20. The molecule has 12 heteroatoms. The number of ether oxygens (including phenoxy) is 5. The minimum atomic E-state index is -3.93. The number of carbonyl (C=O) groups is 1. The maximum absolute atomic E-state index is 14.5. The van der Waals surface area contributed by atoms with Crippen LogP contribution in [0.3, 0.4) is 0 Å². The van der Waals surface area contributed by atoms with Crippen molar-refractivity contribution in [1.29, 1.82) is 0 Å². The number of sulfonamides is 1. The molecule has 2 aliphatic rings. The minimum absolute atomic E-state index is 0.123. The van der Waals surface area contributed by atoms with Crippen molar-refractivity contribution >= 4 is 21.6 Å². The Labute approximate surface area is 328 Å². The first kappa shape index (κ1) is 42.6. The fraction of sp³-hybridized carbons (Fsp3) is 0.558. The summed E-state index contributed by atoms with van der Waals surface area (Å²) in [5.74, 6) is 0.605. The number of carbonyl (C=O) groups excluding carboxylic acids is 1. The van der Waals surface area contributed by atoms with E-state index in [0.29, 0.717) is 58.4 Å². The van der Waals surface area contributed by atoms with Crippen LogP contribution in [0.25, 0.3) is 0 Å². The largest absolute Gasteiger partial charge is 0.490 e. The second kappa shape index (κ2) is 19.6. The van der Waals surface area contributed by atoms with Gasteiger partial charge in [0.15, 0.2) is 0 Å². The molecule has 0 spiro atoms. The van der Waals surface area contributed by atoms with Crippen LogP contribution in [0.15, 0.2) is 71.6 Å². The highest BCUT2D eigenvalue weighted by Gasteiger charge is 2.45. The number of nitrogens with two attached hydrogens (primary N) is 1. The summed E-state index contributed by atoms with van der Waals surface area (Å²) >= 11 is 0. The van der Waals surface area contributed by atoms with Crippen molar-refractivity contribution in [3.63, 3.8) is 0 Å². The van der Waals surface area contributed by atoms with E-state index in [4.69, 9.17) is 29.4 Å². The average molecular weight is 780 g/mol. The van der Waals surface area contributed by atoms with Crippen molar-refractivity contribution in [3.05, 3.63) is 89.0 Å². The summed E-state index contributed by atoms with van der Waals surface area (Å²) in [5, 5.41) is 0. The zero-order valence-electron chi connectivity index (χ0n) is 33.5. The van der Waals surface area contributed by atoms with Crippen LogP contribution in [-0.4, -0.2) is 91.1 Å². The SMILES string of the molecule is COCCCN1CCOc2ccc(CO[C@H]3CN(S(=O)(=O)c4ccc(C)cc4)[C@@H](CC(C)(C)CC(N)=O)C[C@@H]3c3ccc(COC[C@@H](C)COC)cc3)cc21. The fourth-order valence-electron chi connectivity index (χ4n) is 7.86. The summed E-state index contributed by atoms with van der Waals surface area (Å²) in [5.41, 5.74) is 10.2. The third kappa shape index (κ3) is 11.8. The van der Waals surface area contributed by atoms with Crippen LogP contribution in [0.2, 0.25) is 0 Å². The molecule has 2 N–H and O–H groups in total. The number of methoxy groups -OCH3 is 2. The molecule has 0 bridgehead atoms. The van der Waals surface area contributed by atoms with E-state index in [1.807, 2.05) is 45.0 Å². The normalized spacial score (nSPS) is 19.8. The van der Waals surface area contributed by atoms with Crippen molar-refractivity contribution in [2.24, 2.45) is 17.1 Å². The van der Waals surface area contributed by atoms with Crippen LogP contribution in [-0.2, 0) is 47.0 Å². The van der Waals surface area contributed by atoms with Gasteiger partial charge >= 0.3 is 0 Å². The third-order valence-corrected chi connectivity index (χ3v) is 12.5. The number of anilines is 1. The molecule has 0 saturated carbocycles. The van der Waals surface area contributed by atoms with Crippen LogP contribution >= 0.6 is 0 Å². The van der Waals surface area contributed by atoms with Crippen LogP contribution in [0.1, 0.15) is 74.6 Å². The fourth-order valence-corrected chi connectivity index (χ4v) is 9.50. The van der Waals surface area contributed by atoms with E-state index in [-0.39, 0.29) is 23.8 Å². The molecule has 11 nitrogen and oxygen atoms in total. The van der Waals surface area contributed by atoms with Crippen LogP contribution in [0.4, 0.5) is 5.69 Å². The summed E-state index contributed by atoms with van der Waals surface area (Å²) in [6, 6.07) is 21.1. The van der Waals surface area contributed by atoms with Gasteiger partial charge < -0.3 is 34.3 Å². The lowest BCUT2D eigenvalue weighted by Gasteiger charge is -2.45. The van der Waals surface area contributed by atoms with Gasteiger partial charge in [0.2, 0.25) is 15.9 Å². The second-order valence-electron chi connectivity index (χ2n) is 16.0. The summed E-state index contributed by atoms with van der Waals surface area (Å²) < 4.78 is 60.0. The standard InChI is InChI=1S/C43H61N3O8S/c1-31-8-15-37(16-9-31)55(48,49)46-26-41(54-30-34-12-17-40-39(22-34)45(19-21-53-40)18-7-20-50-5)38(23-36(46)24-43(3,4)25-42(44)47)35-13-10-33(11-14-35)29-52-28-32(2)27-51-6/h8-17,22,32,36,38,41H,7,18-21,23-30H2,1-6H3,(H2,44,47)/t32-,36+,38+,41-/m0/s1. The zero-order valence-corrected chi connectivity index (χ0v) is 34.3. The van der Waals surface area contributed by atoms with Crippen molar-refractivity contribution in [3.8, 4) is 5.75 Å². The summed E-state index contributed by atoms with van der Waals surface area (Å²) in [4.78, 5) is 14.7. The number of fused-ring (bicyclic) bond motifs is 1. The summed E-state index contributed by atoms with van der Waals surface area (Å²) in [6.07, 6.45) is 1.56. The second-order valence-corrected chi connectivity index (χ2v) is 17.9. The quantitative estimate of drug-likeness (QED) is 0.129. The number of hydrogen-bond acceptors (Lipinski definition) is 9. The van der Waals surface area contributed by atoms with Crippen molar-refractivity contribution in [1.82, 2.24) is 4.31 Å². The smallest absolute Gasteiger partial charge is 0.243 e. The highest BCUT2D eigenvalue weighted by molar-refractivity contribution is 7.89. The van der Waals surface area contributed by atoms with E-state index in [1.54, 1.807) is 30.7 Å². The Morgan fingerprint density at radius 3 is 2.40 bits per heavy atom. The van der Waals surface area contributed by atoms with E-state index in [2.05, 4.69) is 42.2 Å². The van der Waals surface area contributed by atoms with Crippen LogP contribution in [0, 0.1) is 18.3 Å². The van der Waals surface area contributed by atoms with Gasteiger partial charge in [0.1, 0.15) is 12.4 Å². The molecule has 3 aromatic rings. The van der Waals surface area contributed by atoms with Gasteiger partial charge in [-0.05, 0) is 72.6 Å². The predicted octanol–water partition coefficient (Wildman–Crippen LogP) is 6.45. The maximum Gasteiger partial charge on any atom is 0.243 e. The summed E-state index contributed by atoms with van der Waals surface area (Å²) in [6.45, 7) is 13.1. The molecule has 1 amide bonds. The molecule has 0 aliphatic carbocycles. The molecule has 1 fully saturated rings. The first-order valence-corrected chi connectivity index (χ1v) is 20.9. The Morgan fingerprint density at radius 1 is 0.982 bits per heavy atom. The molecule has 2 aliphatic heterocycles. The number of benzene rings is 3. The first-order chi connectivity index (χ1) is 26.3. The number of piperidine rings is 1. The zero-order chi connectivity index (χ0) is 39.6. The van der Waals surface area contributed by atoms with Gasteiger partial charge in [-0.25, -0.2) is 8.42 Å². The molecule has 0 radical (unpaired) electrons. The molecule has 5 rings (SSSR count). The molecule has 302 valence electrons. The van der Waals surface area contributed by atoms with Crippen molar-refractivity contribution in [2.45, 2.75) is 89.6 Å². The first-order valence-electron chi connectivity index (χ1n) is 19.4. The average Bonchev–Trinajstić information content (AvgIpc) is 3.14. The van der Waals surface area contributed by atoms with E-state index >= 15 is 0 Å². The van der Waals surface area contributed by atoms with Gasteiger partial charge in [-0.3, -0.25) is 4.79 Å². The van der Waals surface area contributed by atoms with Gasteiger partial charge in [0.05, 0.1) is 49.7 Å². The van der Waals surface area contributed by atoms with Gasteiger partial charge in [-0.2, -0.15) is 4.31 Å². The lowest BCUT2D eigenvalue weighted by molar-refractivity contribution is -0.120. The van der Waals surface area contributed by atoms with Crippen molar-refractivity contribution < 1.29 is 36.9 Å². The highest BCUT2D eigenvalue weighted by atomic mass is 32.2. The topological polar surface area (TPSA) is 130 Å². The molecule has 1 saturated heterocycles. The molecular weight excluding hydrogens is 719 g/mol. The Kier molecular flexibility index (Phi) is 15.2. The highest BCUT2D eigenvalue weighted by Crippen LogP contribution is 2.42. The van der Waals surface area contributed by atoms with Gasteiger partial charge in [-0.15, -0.1) is 0 Å². The molecule has 0 aromatic heterocycles. The van der Waals surface area contributed by atoms with Crippen molar-refractivity contribution in [2.75, 3.05) is 65.2 Å². The lowest BCUT2D eigenvalue weighted by Crippen LogP contribution is -2.53. The van der Waals surface area contributed by atoms with Gasteiger partial charge in [0, 0.05) is 58.2 Å². The Morgan fingerprint density at radius 2 is 1.71 bits per heavy atom. The monoisotopic (exact) mass is 779 g/mol. The summed E-state index contributed by atoms with van der Waals surface area (Å²) in [7, 11) is -0.522. The van der Waals surface area contributed by atoms with Crippen LogP contribution < -0.4 is 15.4 Å². The number of hydrogen-bond donors (Lipinski definition) is 1. The number of nitrogens with zero attached hydrogens (tertiary/aromatic N) is 2. The van der Waals surface area contributed by atoms with E-state index in [9.17, 15) is 13.2 Å². The molecule has 0 unspecified atom stereocenters. The maximum atomic E-state index is 14.5. The molecule has 4 atom stereocenters.